The van der Waals surface area contributed by atoms with Gasteiger partial charge in [0.15, 0.2) is 0 Å². The molecule has 1 heterocycles. The van der Waals surface area contributed by atoms with Gasteiger partial charge in [0.05, 0.1) is 14.9 Å². The third-order valence-electron chi connectivity index (χ3n) is 3.07. The SMILES string of the molecule is CC(C)(O)C(C)(C)NS(=O)(=O)c1cc(C(=O)O)sc1Br. The van der Waals surface area contributed by atoms with Crippen LogP contribution >= 0.6 is 27.3 Å². The first-order chi connectivity index (χ1) is 8.78. The number of aromatic carboxylic acids is 1. The van der Waals surface area contributed by atoms with E-state index in [0.29, 0.717) is 0 Å². The molecule has 0 saturated carbocycles. The van der Waals surface area contributed by atoms with Gasteiger partial charge in [0.25, 0.3) is 0 Å². The molecule has 20 heavy (non-hydrogen) atoms. The fraction of sp³-hybridized carbons (Fsp3) is 0.545. The van der Waals surface area contributed by atoms with E-state index in [0.717, 1.165) is 17.4 Å². The van der Waals surface area contributed by atoms with E-state index in [2.05, 4.69) is 20.7 Å². The molecular formula is C11H16BrNO5S2. The van der Waals surface area contributed by atoms with Gasteiger partial charge in [-0.3, -0.25) is 0 Å². The van der Waals surface area contributed by atoms with E-state index in [1.807, 2.05) is 0 Å². The topological polar surface area (TPSA) is 104 Å². The lowest BCUT2D eigenvalue weighted by atomic mass is 9.87. The minimum atomic E-state index is -3.95. The number of nitrogens with one attached hydrogen (secondary N) is 1. The summed E-state index contributed by atoms with van der Waals surface area (Å²) in [6.45, 7) is 6.06. The zero-order valence-corrected chi connectivity index (χ0v) is 14.6. The number of aliphatic hydroxyl groups is 1. The highest BCUT2D eigenvalue weighted by Crippen LogP contribution is 2.33. The lowest BCUT2D eigenvalue weighted by Crippen LogP contribution is -2.57. The average molecular weight is 386 g/mol. The van der Waals surface area contributed by atoms with Crippen molar-refractivity contribution < 1.29 is 23.4 Å². The van der Waals surface area contributed by atoms with Crippen LogP contribution in [0.5, 0.6) is 0 Å². The van der Waals surface area contributed by atoms with Gasteiger partial charge in [-0.1, -0.05) is 0 Å². The van der Waals surface area contributed by atoms with E-state index in [4.69, 9.17) is 5.11 Å². The van der Waals surface area contributed by atoms with Crippen molar-refractivity contribution in [2.24, 2.45) is 0 Å². The Labute approximate surface area is 130 Å². The van der Waals surface area contributed by atoms with Crippen molar-refractivity contribution >= 4 is 43.3 Å². The molecule has 0 bridgehead atoms. The smallest absolute Gasteiger partial charge is 0.345 e. The van der Waals surface area contributed by atoms with Gasteiger partial charge in [0.1, 0.15) is 9.77 Å². The van der Waals surface area contributed by atoms with Gasteiger partial charge in [-0.15, -0.1) is 11.3 Å². The highest BCUT2D eigenvalue weighted by molar-refractivity contribution is 9.11. The molecule has 0 spiro atoms. The summed E-state index contributed by atoms with van der Waals surface area (Å²) in [4.78, 5) is 10.6. The lowest BCUT2D eigenvalue weighted by molar-refractivity contribution is 0.00638. The number of sulfonamides is 1. The molecule has 0 aromatic carbocycles. The van der Waals surface area contributed by atoms with Crippen LogP contribution in [0.25, 0.3) is 0 Å². The number of hydrogen-bond donors (Lipinski definition) is 3. The van der Waals surface area contributed by atoms with Crippen LogP contribution in [0.3, 0.4) is 0 Å². The van der Waals surface area contributed by atoms with Crippen LogP contribution in [0.1, 0.15) is 37.4 Å². The fourth-order valence-electron chi connectivity index (χ4n) is 1.16. The number of halogens is 1. The van der Waals surface area contributed by atoms with E-state index in [9.17, 15) is 18.3 Å². The van der Waals surface area contributed by atoms with Crippen molar-refractivity contribution in [1.82, 2.24) is 4.72 Å². The Hall–Kier alpha value is -0.480. The van der Waals surface area contributed by atoms with Crippen LogP contribution in [-0.2, 0) is 10.0 Å². The molecule has 0 aliphatic rings. The van der Waals surface area contributed by atoms with E-state index in [1.54, 1.807) is 13.8 Å². The molecule has 9 heteroatoms. The lowest BCUT2D eigenvalue weighted by Gasteiger charge is -2.37. The third-order valence-corrected chi connectivity index (χ3v) is 6.97. The molecule has 0 fully saturated rings. The van der Waals surface area contributed by atoms with Crippen molar-refractivity contribution in [3.8, 4) is 0 Å². The summed E-state index contributed by atoms with van der Waals surface area (Å²) in [5, 5.41) is 18.9. The molecule has 0 saturated heterocycles. The van der Waals surface area contributed by atoms with Gasteiger partial charge in [-0.05, 0) is 49.7 Å². The quantitative estimate of drug-likeness (QED) is 0.719. The number of rotatable bonds is 5. The van der Waals surface area contributed by atoms with Crippen LogP contribution in [0, 0.1) is 0 Å². The Morgan fingerprint density at radius 3 is 2.20 bits per heavy atom. The minimum absolute atomic E-state index is 0.0849. The maximum Gasteiger partial charge on any atom is 0.345 e. The Kier molecular flexibility index (Phi) is 4.72. The second kappa shape index (κ2) is 5.38. The summed E-state index contributed by atoms with van der Waals surface area (Å²) in [7, 11) is -3.95. The summed E-state index contributed by atoms with van der Waals surface area (Å²) in [6, 6.07) is 1.08. The molecule has 1 rings (SSSR count). The standard InChI is InChI=1S/C11H16BrNO5S2/c1-10(2,11(3,4)16)13-20(17,18)7-5-6(9(14)15)19-8(7)12/h5,13,16H,1-4H3,(H,14,15). The average Bonchev–Trinajstić information content (AvgIpc) is 2.57. The predicted molar refractivity (Wildman–Crippen MR) is 79.7 cm³/mol. The van der Waals surface area contributed by atoms with Gasteiger partial charge < -0.3 is 10.2 Å². The second-order valence-electron chi connectivity index (χ2n) is 5.34. The zero-order valence-electron chi connectivity index (χ0n) is 11.4. The van der Waals surface area contributed by atoms with E-state index >= 15 is 0 Å². The maximum atomic E-state index is 12.3. The molecule has 0 amide bonds. The van der Waals surface area contributed by atoms with Gasteiger partial charge in [0.2, 0.25) is 10.0 Å². The largest absolute Gasteiger partial charge is 0.477 e. The number of carbonyl (C=O) groups is 1. The minimum Gasteiger partial charge on any atom is -0.477 e. The summed E-state index contributed by atoms with van der Waals surface area (Å²) < 4.78 is 27.2. The monoisotopic (exact) mass is 385 g/mol. The van der Waals surface area contributed by atoms with Gasteiger partial charge in [-0.2, -0.15) is 0 Å². The molecule has 0 aliphatic heterocycles. The highest BCUT2D eigenvalue weighted by Gasteiger charge is 2.39. The van der Waals surface area contributed by atoms with Crippen molar-refractivity contribution in [3.63, 3.8) is 0 Å². The highest BCUT2D eigenvalue weighted by atomic mass is 79.9. The summed E-state index contributed by atoms with van der Waals surface area (Å²) in [6.07, 6.45) is 0. The van der Waals surface area contributed by atoms with Gasteiger partial charge in [0, 0.05) is 0 Å². The first kappa shape index (κ1) is 17.6. The molecule has 0 atom stereocenters. The summed E-state index contributed by atoms with van der Waals surface area (Å²) in [5.41, 5.74) is -2.42. The van der Waals surface area contributed by atoms with Crippen LogP contribution in [0.2, 0.25) is 0 Å². The van der Waals surface area contributed by atoms with E-state index < -0.39 is 27.1 Å². The number of thiophene rings is 1. The predicted octanol–water partition coefficient (Wildman–Crippen LogP) is 2.04. The van der Waals surface area contributed by atoms with Crippen LogP contribution in [0.15, 0.2) is 14.7 Å². The van der Waals surface area contributed by atoms with Crippen molar-refractivity contribution in [3.05, 3.63) is 14.7 Å². The van der Waals surface area contributed by atoms with Crippen LogP contribution in [-0.4, -0.2) is 35.7 Å². The number of carboxylic acids is 1. The molecule has 0 radical (unpaired) electrons. The van der Waals surface area contributed by atoms with Gasteiger partial charge in [-0.25, -0.2) is 17.9 Å². The van der Waals surface area contributed by atoms with Crippen LogP contribution < -0.4 is 4.72 Å². The van der Waals surface area contributed by atoms with E-state index in [-0.39, 0.29) is 13.6 Å². The fourth-order valence-corrected chi connectivity index (χ4v) is 5.09. The molecule has 6 nitrogen and oxygen atoms in total. The molecule has 1 aromatic rings. The Bertz CT molecular complexity index is 628. The second-order valence-corrected chi connectivity index (χ2v) is 9.36. The normalized spacial score (nSPS) is 13.5. The van der Waals surface area contributed by atoms with Crippen molar-refractivity contribution in [1.29, 1.82) is 0 Å². The number of hydrogen-bond acceptors (Lipinski definition) is 5. The molecule has 0 unspecified atom stereocenters. The molecule has 114 valence electrons. The van der Waals surface area contributed by atoms with Crippen molar-refractivity contribution in [2.45, 2.75) is 43.7 Å². The van der Waals surface area contributed by atoms with E-state index in [1.165, 1.54) is 13.8 Å². The van der Waals surface area contributed by atoms with Gasteiger partial charge >= 0.3 is 5.97 Å². The molecular weight excluding hydrogens is 370 g/mol. The summed E-state index contributed by atoms with van der Waals surface area (Å²) >= 11 is 3.87. The third kappa shape index (κ3) is 3.59. The first-order valence-electron chi connectivity index (χ1n) is 5.57. The Morgan fingerprint density at radius 1 is 1.35 bits per heavy atom. The molecule has 3 N–H and O–H groups in total. The summed E-state index contributed by atoms with van der Waals surface area (Å²) in [5.74, 6) is -1.20. The van der Waals surface area contributed by atoms with Crippen molar-refractivity contribution in [2.75, 3.05) is 0 Å². The Morgan fingerprint density at radius 2 is 1.85 bits per heavy atom. The maximum absolute atomic E-state index is 12.3. The molecule has 1 aromatic heterocycles. The Balaban J connectivity index is 3.22. The molecule has 0 aliphatic carbocycles. The van der Waals surface area contributed by atoms with Crippen LogP contribution in [0.4, 0.5) is 0 Å². The number of carboxylic acid groups (broad SMARTS) is 1. The zero-order chi connectivity index (χ0) is 15.9. The first-order valence-corrected chi connectivity index (χ1v) is 8.66.